The largest absolute Gasteiger partial charge is 0.339 e. The predicted octanol–water partition coefficient (Wildman–Crippen LogP) is 2.47. The van der Waals surface area contributed by atoms with Crippen LogP contribution in [0.15, 0.2) is 35.1 Å². The zero-order valence-electron chi connectivity index (χ0n) is 13.3. The summed E-state index contributed by atoms with van der Waals surface area (Å²) in [4.78, 5) is 21.0. The molecule has 126 valence electrons. The molecule has 2 fully saturated rings. The van der Waals surface area contributed by atoms with E-state index in [0.717, 1.165) is 36.3 Å². The molecule has 0 saturated heterocycles. The van der Waals surface area contributed by atoms with Crippen LogP contribution in [0.3, 0.4) is 0 Å². The summed E-state index contributed by atoms with van der Waals surface area (Å²) in [6, 6.07) is 7.50. The maximum atomic E-state index is 12.4. The SMILES string of the molecule is O=C(Nc1cccc(-c2noc(C3CC3)n2)c1)[C@H]1C[C@@H]1c1ncn[nH]1. The lowest BCUT2D eigenvalue weighted by Crippen LogP contribution is -2.14. The van der Waals surface area contributed by atoms with Crippen LogP contribution in [-0.2, 0) is 4.79 Å². The van der Waals surface area contributed by atoms with Crippen molar-refractivity contribution < 1.29 is 9.32 Å². The van der Waals surface area contributed by atoms with E-state index in [0.29, 0.717) is 17.6 Å². The fourth-order valence-corrected chi connectivity index (χ4v) is 3.00. The summed E-state index contributed by atoms with van der Waals surface area (Å²) in [5.74, 6) is 2.51. The van der Waals surface area contributed by atoms with Crippen LogP contribution in [0, 0.1) is 5.92 Å². The smallest absolute Gasteiger partial charge is 0.230 e. The van der Waals surface area contributed by atoms with Crippen molar-refractivity contribution in [1.29, 1.82) is 0 Å². The lowest BCUT2D eigenvalue weighted by atomic mass is 10.2. The van der Waals surface area contributed by atoms with Gasteiger partial charge in [0.05, 0.1) is 0 Å². The van der Waals surface area contributed by atoms with Crippen molar-refractivity contribution in [2.24, 2.45) is 5.92 Å². The van der Waals surface area contributed by atoms with Gasteiger partial charge in [0.1, 0.15) is 12.2 Å². The summed E-state index contributed by atoms with van der Waals surface area (Å²) in [5.41, 5.74) is 1.56. The van der Waals surface area contributed by atoms with Crippen molar-refractivity contribution in [3.05, 3.63) is 42.3 Å². The van der Waals surface area contributed by atoms with Gasteiger partial charge in [-0.1, -0.05) is 17.3 Å². The van der Waals surface area contributed by atoms with Gasteiger partial charge in [-0.25, -0.2) is 4.98 Å². The number of nitrogens with zero attached hydrogens (tertiary/aromatic N) is 4. The van der Waals surface area contributed by atoms with Crippen molar-refractivity contribution >= 4 is 11.6 Å². The number of benzene rings is 1. The standard InChI is InChI=1S/C17H16N6O2/c24-16(13-7-12(13)15-18-8-19-22-15)20-11-3-1-2-10(6-11)14-21-17(25-23-14)9-4-5-9/h1-3,6,8-9,12-13H,4-5,7H2,(H,20,24)(H,18,19,22)/t12-,13-/m0/s1. The highest BCUT2D eigenvalue weighted by Crippen LogP contribution is 2.46. The highest BCUT2D eigenvalue weighted by atomic mass is 16.5. The Morgan fingerprint density at radius 3 is 3.04 bits per heavy atom. The third kappa shape index (κ3) is 2.79. The minimum atomic E-state index is -0.0664. The lowest BCUT2D eigenvalue weighted by molar-refractivity contribution is -0.117. The van der Waals surface area contributed by atoms with Crippen LogP contribution in [0.5, 0.6) is 0 Å². The van der Waals surface area contributed by atoms with Crippen LogP contribution in [-0.4, -0.2) is 31.2 Å². The zero-order valence-corrected chi connectivity index (χ0v) is 13.3. The lowest BCUT2D eigenvalue weighted by Gasteiger charge is -2.05. The Bertz CT molecular complexity index is 915. The van der Waals surface area contributed by atoms with Gasteiger partial charge in [-0.15, -0.1) is 0 Å². The molecule has 3 aromatic rings. The molecule has 0 aliphatic heterocycles. The summed E-state index contributed by atoms with van der Waals surface area (Å²) < 4.78 is 5.30. The average Bonchev–Trinajstić information content (AvgIpc) is 3.53. The molecule has 1 amide bonds. The van der Waals surface area contributed by atoms with Crippen molar-refractivity contribution in [3.63, 3.8) is 0 Å². The Morgan fingerprint density at radius 1 is 1.32 bits per heavy atom. The third-order valence-electron chi connectivity index (χ3n) is 4.67. The van der Waals surface area contributed by atoms with Crippen molar-refractivity contribution in [2.45, 2.75) is 31.1 Å². The first-order valence-electron chi connectivity index (χ1n) is 8.38. The van der Waals surface area contributed by atoms with Gasteiger partial charge in [0.25, 0.3) is 0 Å². The minimum Gasteiger partial charge on any atom is -0.339 e. The molecule has 0 bridgehead atoms. The number of nitrogens with one attached hydrogen (secondary N) is 2. The fraction of sp³-hybridized carbons (Fsp3) is 0.353. The number of carbonyl (C=O) groups is 1. The molecular weight excluding hydrogens is 320 g/mol. The first-order valence-corrected chi connectivity index (χ1v) is 8.38. The van der Waals surface area contributed by atoms with Gasteiger partial charge in [-0.05, 0) is 31.4 Å². The first kappa shape index (κ1) is 14.3. The number of hydrogen-bond acceptors (Lipinski definition) is 6. The van der Waals surface area contributed by atoms with Gasteiger partial charge >= 0.3 is 0 Å². The molecule has 2 saturated carbocycles. The second-order valence-electron chi connectivity index (χ2n) is 6.62. The molecule has 0 spiro atoms. The summed E-state index contributed by atoms with van der Waals surface area (Å²) in [6.07, 6.45) is 4.49. The highest BCUT2D eigenvalue weighted by molar-refractivity contribution is 5.95. The highest BCUT2D eigenvalue weighted by Gasteiger charge is 2.46. The van der Waals surface area contributed by atoms with E-state index in [-0.39, 0.29) is 17.7 Å². The minimum absolute atomic E-state index is 0.00895. The molecule has 2 heterocycles. The molecule has 2 aliphatic rings. The molecule has 8 nitrogen and oxygen atoms in total. The van der Waals surface area contributed by atoms with Gasteiger partial charge < -0.3 is 9.84 Å². The van der Waals surface area contributed by atoms with E-state index in [1.807, 2.05) is 24.3 Å². The second-order valence-corrected chi connectivity index (χ2v) is 6.62. The number of rotatable bonds is 5. The van der Waals surface area contributed by atoms with E-state index in [1.165, 1.54) is 6.33 Å². The number of aromatic nitrogens is 5. The molecule has 25 heavy (non-hydrogen) atoms. The summed E-state index contributed by atoms with van der Waals surface area (Å²) in [5, 5.41) is 13.7. The third-order valence-corrected chi connectivity index (χ3v) is 4.67. The monoisotopic (exact) mass is 336 g/mol. The maximum Gasteiger partial charge on any atom is 0.230 e. The number of aromatic amines is 1. The van der Waals surface area contributed by atoms with Gasteiger partial charge in [0, 0.05) is 29.0 Å². The normalized spacial score (nSPS) is 21.9. The zero-order chi connectivity index (χ0) is 16.8. The van der Waals surface area contributed by atoms with E-state index < -0.39 is 0 Å². The molecule has 8 heteroatoms. The number of carbonyl (C=O) groups excluding carboxylic acids is 1. The molecule has 0 radical (unpaired) electrons. The Balaban J connectivity index is 1.29. The van der Waals surface area contributed by atoms with E-state index in [1.54, 1.807) is 0 Å². The first-order chi connectivity index (χ1) is 12.3. The average molecular weight is 336 g/mol. The van der Waals surface area contributed by atoms with Crippen molar-refractivity contribution in [1.82, 2.24) is 25.3 Å². The predicted molar refractivity (Wildman–Crippen MR) is 87.6 cm³/mol. The van der Waals surface area contributed by atoms with Gasteiger partial charge in [0.2, 0.25) is 17.6 Å². The van der Waals surface area contributed by atoms with Gasteiger partial charge in [-0.3, -0.25) is 9.89 Å². The number of hydrogen-bond donors (Lipinski definition) is 2. The van der Waals surface area contributed by atoms with Crippen LogP contribution in [0.2, 0.25) is 0 Å². The Labute approximate surface area is 143 Å². The van der Waals surface area contributed by atoms with E-state index in [4.69, 9.17) is 4.52 Å². The summed E-state index contributed by atoms with van der Waals surface area (Å²) in [6.45, 7) is 0. The molecule has 2 aromatic heterocycles. The summed E-state index contributed by atoms with van der Waals surface area (Å²) >= 11 is 0. The Morgan fingerprint density at radius 2 is 2.24 bits per heavy atom. The second kappa shape index (κ2) is 5.51. The van der Waals surface area contributed by atoms with Crippen molar-refractivity contribution in [3.8, 4) is 11.4 Å². The summed E-state index contributed by atoms with van der Waals surface area (Å²) in [7, 11) is 0. The topological polar surface area (TPSA) is 110 Å². The molecule has 2 atom stereocenters. The maximum absolute atomic E-state index is 12.4. The van der Waals surface area contributed by atoms with Crippen LogP contribution in [0.4, 0.5) is 5.69 Å². The fourth-order valence-electron chi connectivity index (χ4n) is 3.00. The number of amides is 1. The van der Waals surface area contributed by atoms with Crippen LogP contribution >= 0.6 is 0 Å². The molecule has 2 aliphatic carbocycles. The van der Waals surface area contributed by atoms with Crippen LogP contribution < -0.4 is 5.32 Å². The number of H-pyrrole nitrogens is 1. The quantitative estimate of drug-likeness (QED) is 0.740. The van der Waals surface area contributed by atoms with E-state index in [9.17, 15) is 4.79 Å². The van der Waals surface area contributed by atoms with Crippen LogP contribution in [0.25, 0.3) is 11.4 Å². The Hall–Kier alpha value is -3.03. The molecule has 5 rings (SSSR count). The number of anilines is 1. The van der Waals surface area contributed by atoms with Crippen LogP contribution in [0.1, 0.15) is 42.8 Å². The van der Waals surface area contributed by atoms with Gasteiger partial charge in [0.15, 0.2) is 0 Å². The molecular formula is C17H16N6O2. The van der Waals surface area contributed by atoms with E-state index >= 15 is 0 Å². The van der Waals surface area contributed by atoms with Gasteiger partial charge in [-0.2, -0.15) is 10.1 Å². The van der Waals surface area contributed by atoms with E-state index in [2.05, 4.69) is 30.6 Å². The molecule has 0 unspecified atom stereocenters. The Kier molecular flexibility index (Phi) is 3.16. The molecule has 2 N–H and O–H groups in total. The molecule has 1 aromatic carbocycles. The van der Waals surface area contributed by atoms with Crippen molar-refractivity contribution in [2.75, 3.05) is 5.32 Å².